The molecule has 1 aromatic carbocycles. The monoisotopic (exact) mass is 301 g/mol. The molecule has 0 heterocycles. The second-order valence-electron chi connectivity index (χ2n) is 3.89. The minimum absolute atomic E-state index is 0.0289. The fraction of sp³-hybridized carbons (Fsp3) is 0.417. The summed E-state index contributed by atoms with van der Waals surface area (Å²) in [6, 6.07) is 10.2. The Hall–Kier alpha value is -0.480. The molecule has 0 unspecified atom stereocenters. The van der Waals surface area contributed by atoms with Gasteiger partial charge < -0.3 is 5.32 Å². The molecule has 1 rings (SSSR count). The number of benzene rings is 1. The summed E-state index contributed by atoms with van der Waals surface area (Å²) in [5.74, 6) is 0.917. The Kier molecular flexibility index (Phi) is 5.35. The maximum atomic E-state index is 11.5. The maximum absolute atomic E-state index is 11.5. The lowest BCUT2D eigenvalue weighted by Crippen LogP contribution is -2.38. The summed E-state index contributed by atoms with van der Waals surface area (Å²) in [5.41, 5.74) is 0. The summed E-state index contributed by atoms with van der Waals surface area (Å²) >= 11 is 5.07. The average Bonchev–Trinajstić information content (AvgIpc) is 2.24. The predicted molar refractivity (Wildman–Crippen MR) is 73.2 cm³/mol. The number of thioether (sulfide) groups is 1. The number of nitrogens with one attached hydrogen (secondary N) is 1. The Morgan fingerprint density at radius 3 is 2.56 bits per heavy atom. The van der Waals surface area contributed by atoms with E-state index in [0.717, 1.165) is 5.75 Å². The van der Waals surface area contributed by atoms with Crippen molar-refractivity contribution in [2.45, 2.75) is 23.1 Å². The van der Waals surface area contributed by atoms with Crippen LogP contribution in [0.1, 0.15) is 13.8 Å². The second kappa shape index (κ2) is 6.30. The van der Waals surface area contributed by atoms with Crippen LogP contribution in [0.3, 0.4) is 0 Å². The minimum Gasteiger partial charge on any atom is -0.354 e. The van der Waals surface area contributed by atoms with Crippen LogP contribution in [-0.4, -0.2) is 22.5 Å². The van der Waals surface area contributed by atoms with E-state index in [1.165, 1.54) is 4.90 Å². The lowest BCUT2D eigenvalue weighted by molar-refractivity contribution is -0.122. The van der Waals surface area contributed by atoms with Crippen molar-refractivity contribution in [1.82, 2.24) is 5.32 Å². The van der Waals surface area contributed by atoms with Gasteiger partial charge in [-0.15, -0.1) is 11.8 Å². The van der Waals surface area contributed by atoms with E-state index in [0.29, 0.717) is 6.54 Å². The van der Waals surface area contributed by atoms with Crippen LogP contribution in [0.15, 0.2) is 35.2 Å². The van der Waals surface area contributed by atoms with Gasteiger partial charge in [0.05, 0.1) is 4.32 Å². The lowest BCUT2D eigenvalue weighted by atomic mass is 10.2. The molecule has 16 heavy (non-hydrogen) atoms. The van der Waals surface area contributed by atoms with Gasteiger partial charge in [0.25, 0.3) is 0 Å². The number of carbonyl (C=O) groups is 1. The van der Waals surface area contributed by atoms with Crippen LogP contribution in [0.5, 0.6) is 0 Å². The first-order chi connectivity index (χ1) is 7.50. The number of amides is 1. The topological polar surface area (TPSA) is 29.1 Å². The fourth-order valence-corrected chi connectivity index (χ4v) is 1.99. The van der Waals surface area contributed by atoms with Gasteiger partial charge in [-0.25, -0.2) is 0 Å². The van der Waals surface area contributed by atoms with Crippen LogP contribution in [-0.2, 0) is 4.79 Å². The van der Waals surface area contributed by atoms with Crippen LogP contribution >= 0.6 is 27.7 Å². The Morgan fingerprint density at radius 1 is 1.38 bits per heavy atom. The van der Waals surface area contributed by atoms with E-state index in [4.69, 9.17) is 0 Å². The number of rotatable bonds is 5. The van der Waals surface area contributed by atoms with Crippen LogP contribution < -0.4 is 5.32 Å². The summed E-state index contributed by atoms with van der Waals surface area (Å²) in [7, 11) is 0. The lowest BCUT2D eigenvalue weighted by Gasteiger charge is -2.15. The quantitative estimate of drug-likeness (QED) is 0.514. The van der Waals surface area contributed by atoms with Crippen molar-refractivity contribution < 1.29 is 4.79 Å². The molecule has 0 radical (unpaired) electrons. The first-order valence-electron chi connectivity index (χ1n) is 5.15. The molecule has 0 atom stereocenters. The van der Waals surface area contributed by atoms with Crippen molar-refractivity contribution in [1.29, 1.82) is 0 Å². The highest BCUT2D eigenvalue weighted by molar-refractivity contribution is 9.10. The number of hydrogen-bond donors (Lipinski definition) is 1. The van der Waals surface area contributed by atoms with Crippen LogP contribution in [0.4, 0.5) is 0 Å². The van der Waals surface area contributed by atoms with Crippen molar-refractivity contribution in [2.75, 3.05) is 12.3 Å². The molecule has 4 heteroatoms. The Morgan fingerprint density at radius 2 is 2.00 bits per heavy atom. The molecule has 1 amide bonds. The summed E-state index contributed by atoms with van der Waals surface area (Å²) < 4.78 is -0.482. The van der Waals surface area contributed by atoms with Gasteiger partial charge in [-0.1, -0.05) is 34.1 Å². The molecule has 1 aromatic rings. The predicted octanol–water partition coefficient (Wildman–Crippen LogP) is 3.07. The summed E-state index contributed by atoms with van der Waals surface area (Å²) in [6.45, 7) is 4.37. The fourth-order valence-electron chi connectivity index (χ4n) is 1.06. The van der Waals surface area contributed by atoms with E-state index in [1.54, 1.807) is 11.8 Å². The van der Waals surface area contributed by atoms with Gasteiger partial charge in [-0.05, 0) is 26.0 Å². The van der Waals surface area contributed by atoms with E-state index >= 15 is 0 Å². The van der Waals surface area contributed by atoms with E-state index in [9.17, 15) is 4.79 Å². The van der Waals surface area contributed by atoms with Crippen molar-refractivity contribution in [2.24, 2.45) is 0 Å². The molecule has 0 spiro atoms. The number of carbonyl (C=O) groups excluding carboxylic acids is 1. The van der Waals surface area contributed by atoms with Crippen molar-refractivity contribution in [3.05, 3.63) is 30.3 Å². The first kappa shape index (κ1) is 13.6. The molecule has 0 aliphatic rings. The summed E-state index contributed by atoms with van der Waals surface area (Å²) in [6.07, 6.45) is 0. The van der Waals surface area contributed by atoms with Gasteiger partial charge in [0.15, 0.2) is 0 Å². The molecule has 2 nitrogen and oxygen atoms in total. The highest BCUT2D eigenvalue weighted by atomic mass is 79.9. The smallest absolute Gasteiger partial charge is 0.236 e. The van der Waals surface area contributed by atoms with E-state index in [1.807, 2.05) is 32.0 Å². The third-order valence-corrected chi connectivity index (χ3v) is 3.31. The highest BCUT2D eigenvalue weighted by Crippen LogP contribution is 2.17. The number of hydrogen-bond acceptors (Lipinski definition) is 2. The van der Waals surface area contributed by atoms with Gasteiger partial charge in [0, 0.05) is 17.2 Å². The van der Waals surface area contributed by atoms with E-state index in [2.05, 4.69) is 33.4 Å². The largest absolute Gasteiger partial charge is 0.354 e. The molecule has 0 aliphatic carbocycles. The van der Waals surface area contributed by atoms with Gasteiger partial charge in [0.1, 0.15) is 0 Å². The Balaban J connectivity index is 2.20. The van der Waals surface area contributed by atoms with Crippen molar-refractivity contribution >= 4 is 33.6 Å². The second-order valence-corrected chi connectivity index (χ2v) is 7.04. The molecule has 0 aliphatic heterocycles. The third kappa shape index (κ3) is 5.03. The van der Waals surface area contributed by atoms with Gasteiger partial charge in [-0.2, -0.15) is 0 Å². The van der Waals surface area contributed by atoms with Gasteiger partial charge in [-0.3, -0.25) is 4.79 Å². The van der Waals surface area contributed by atoms with E-state index < -0.39 is 4.32 Å². The zero-order valence-electron chi connectivity index (χ0n) is 9.50. The molecule has 0 saturated carbocycles. The van der Waals surface area contributed by atoms with Crippen molar-refractivity contribution in [3.8, 4) is 0 Å². The molecule has 88 valence electrons. The summed E-state index contributed by atoms with van der Waals surface area (Å²) in [5, 5.41) is 2.89. The van der Waals surface area contributed by atoms with Gasteiger partial charge in [0.2, 0.25) is 5.91 Å². The number of alkyl halides is 1. The molecule has 0 saturated heterocycles. The highest BCUT2D eigenvalue weighted by Gasteiger charge is 2.22. The minimum atomic E-state index is -0.482. The van der Waals surface area contributed by atoms with Crippen LogP contribution in [0.25, 0.3) is 0 Å². The van der Waals surface area contributed by atoms with Gasteiger partial charge >= 0.3 is 0 Å². The SMILES string of the molecule is CC(C)(Br)C(=O)NCCSc1ccccc1. The Bertz CT molecular complexity index is 335. The van der Waals surface area contributed by atoms with Crippen LogP contribution in [0.2, 0.25) is 0 Å². The molecule has 0 fully saturated rings. The number of halogens is 1. The summed E-state index contributed by atoms with van der Waals surface area (Å²) in [4.78, 5) is 12.7. The van der Waals surface area contributed by atoms with Crippen LogP contribution in [0, 0.1) is 0 Å². The normalized spacial score (nSPS) is 11.2. The Labute approximate surface area is 109 Å². The molecule has 0 aromatic heterocycles. The molecule has 1 N–H and O–H groups in total. The average molecular weight is 302 g/mol. The zero-order chi connectivity index (χ0) is 12.0. The third-order valence-electron chi connectivity index (χ3n) is 1.94. The maximum Gasteiger partial charge on any atom is 0.236 e. The van der Waals surface area contributed by atoms with Crippen molar-refractivity contribution in [3.63, 3.8) is 0 Å². The standard InChI is InChI=1S/C12H16BrNOS/c1-12(2,13)11(15)14-8-9-16-10-6-4-3-5-7-10/h3-7H,8-9H2,1-2H3,(H,14,15). The molecule has 0 bridgehead atoms. The molecular weight excluding hydrogens is 286 g/mol. The van der Waals surface area contributed by atoms with E-state index in [-0.39, 0.29) is 5.91 Å². The zero-order valence-corrected chi connectivity index (χ0v) is 11.9. The molecular formula is C12H16BrNOS. The first-order valence-corrected chi connectivity index (χ1v) is 6.93.